The van der Waals surface area contributed by atoms with Gasteiger partial charge in [-0.2, -0.15) is 0 Å². The molecule has 0 N–H and O–H groups in total. The smallest absolute Gasteiger partial charge is 0.183 e. The van der Waals surface area contributed by atoms with Crippen LogP contribution in [0, 0.1) is 32.1 Å². The average molecular weight is 1030 g/mol. The van der Waals surface area contributed by atoms with E-state index in [0.717, 1.165) is 39.2 Å². The first kappa shape index (κ1) is 49.2. The molecule has 1 spiro atoms. The summed E-state index contributed by atoms with van der Waals surface area (Å²) in [6.07, 6.45) is 3.81. The largest absolute Gasteiger partial charge is 0.348 e. The number of aromatic nitrogens is 2. The quantitative estimate of drug-likeness (QED) is 0.152. The summed E-state index contributed by atoms with van der Waals surface area (Å²) in [6, 6.07) is 71.1. The molecular formula is C73H64N2O4. The molecule has 2 atom stereocenters. The highest BCUT2D eigenvalue weighted by Gasteiger charge is 2.43. The van der Waals surface area contributed by atoms with Gasteiger partial charge < -0.3 is 28.1 Å². The van der Waals surface area contributed by atoms with Crippen LogP contribution >= 0.6 is 0 Å². The van der Waals surface area contributed by atoms with Gasteiger partial charge in [0.05, 0.1) is 53.9 Å². The molecule has 2 saturated heterocycles. The maximum absolute atomic E-state index is 6.47. The Morgan fingerprint density at radius 3 is 1.25 bits per heavy atom. The van der Waals surface area contributed by atoms with Crippen molar-refractivity contribution in [2.45, 2.75) is 60.0 Å². The van der Waals surface area contributed by atoms with Crippen molar-refractivity contribution in [2.75, 3.05) is 26.4 Å². The van der Waals surface area contributed by atoms with Gasteiger partial charge in [-0.3, -0.25) is 0 Å². The minimum absolute atomic E-state index is 0.350. The van der Waals surface area contributed by atoms with Gasteiger partial charge in [0.15, 0.2) is 12.6 Å². The van der Waals surface area contributed by atoms with Crippen molar-refractivity contribution in [2.24, 2.45) is 11.3 Å². The first-order valence-electron chi connectivity index (χ1n) is 27.9. The zero-order valence-corrected chi connectivity index (χ0v) is 45.8. The minimum Gasteiger partial charge on any atom is -0.348 e. The molecule has 0 saturated carbocycles. The molecule has 9 aromatic carbocycles. The standard InChI is InChI=1S/C73H64N2O4/c1-45-33-47(3)69(48(4)34-45)57-27-31-67-63(39-57)61-37-55(25-29-65(61)74(67)59-13-9-7-10-14-59)51-17-21-53(22-18-51)71-76-41-73(42-77-71)43-78-72(79-44-73)54-23-19-52(20-24-54)56-26-30-66-62(38-56)64-40-58(70-49(5)35-46(2)36-50(70)6)28-32-68(64)75(66)60-15-11-8-12-16-60/h7-40,47,69,71-72H,41-44H2,1-6H3. The number of fused-ring (bicyclic) bond motifs is 6. The van der Waals surface area contributed by atoms with E-state index < -0.39 is 12.6 Å². The summed E-state index contributed by atoms with van der Waals surface area (Å²) in [5, 5.41) is 4.98. The van der Waals surface area contributed by atoms with Crippen molar-refractivity contribution < 1.29 is 18.9 Å². The molecule has 2 unspecified atom stereocenters. The summed E-state index contributed by atoms with van der Waals surface area (Å²) < 4.78 is 30.7. The summed E-state index contributed by atoms with van der Waals surface area (Å²) >= 11 is 0. The van der Waals surface area contributed by atoms with E-state index in [-0.39, 0.29) is 5.41 Å². The molecule has 6 heteroatoms. The molecule has 2 aliphatic heterocycles. The molecule has 4 heterocycles. The number of aryl methyl sites for hydroxylation is 3. The summed E-state index contributed by atoms with van der Waals surface area (Å²) in [6.45, 7) is 15.4. The monoisotopic (exact) mass is 1030 g/mol. The van der Waals surface area contributed by atoms with E-state index >= 15 is 0 Å². The van der Waals surface area contributed by atoms with Crippen LogP contribution in [-0.4, -0.2) is 35.6 Å². The molecule has 11 aromatic rings. The molecule has 0 bridgehead atoms. The van der Waals surface area contributed by atoms with E-state index in [9.17, 15) is 0 Å². The lowest BCUT2D eigenvalue weighted by atomic mass is 9.77. The fourth-order valence-electron chi connectivity index (χ4n) is 13.5. The van der Waals surface area contributed by atoms with Crippen LogP contribution in [0.3, 0.4) is 0 Å². The lowest BCUT2D eigenvalue weighted by Crippen LogP contribution is -2.49. The number of hydrogen-bond acceptors (Lipinski definition) is 4. The maximum Gasteiger partial charge on any atom is 0.183 e. The van der Waals surface area contributed by atoms with E-state index in [2.05, 4.69) is 257 Å². The van der Waals surface area contributed by atoms with Crippen LogP contribution in [0.2, 0.25) is 0 Å². The Kier molecular flexibility index (Phi) is 12.3. The Bertz CT molecular complexity index is 4180. The summed E-state index contributed by atoms with van der Waals surface area (Å²) in [5.74, 6) is 0.780. The van der Waals surface area contributed by atoms with E-state index in [4.69, 9.17) is 18.9 Å². The summed E-state index contributed by atoms with van der Waals surface area (Å²) in [4.78, 5) is 0. The fourth-order valence-corrected chi connectivity index (χ4v) is 13.5. The van der Waals surface area contributed by atoms with Crippen LogP contribution in [0.25, 0.3) is 88.4 Å². The summed E-state index contributed by atoms with van der Waals surface area (Å²) in [7, 11) is 0. The van der Waals surface area contributed by atoms with E-state index in [1.54, 1.807) is 0 Å². The van der Waals surface area contributed by atoms with E-state index in [1.807, 2.05) is 0 Å². The third-order valence-corrected chi connectivity index (χ3v) is 17.1. The molecule has 1 aliphatic carbocycles. The number of para-hydroxylation sites is 2. The molecule has 390 valence electrons. The van der Waals surface area contributed by atoms with Gasteiger partial charge in [0, 0.05) is 50.0 Å². The average Bonchev–Trinajstić information content (AvgIpc) is 4.00. The highest BCUT2D eigenvalue weighted by atomic mass is 16.7. The number of rotatable bonds is 8. The Morgan fingerprint density at radius 1 is 0.405 bits per heavy atom. The number of allylic oxidation sites excluding steroid dienone is 4. The van der Waals surface area contributed by atoms with Crippen LogP contribution < -0.4 is 0 Å². The van der Waals surface area contributed by atoms with Gasteiger partial charge in [0.2, 0.25) is 0 Å². The molecule has 2 fully saturated rings. The van der Waals surface area contributed by atoms with Crippen molar-refractivity contribution in [3.05, 3.63) is 251 Å². The highest BCUT2D eigenvalue weighted by Crippen LogP contribution is 2.44. The topological polar surface area (TPSA) is 46.8 Å². The Morgan fingerprint density at radius 2 is 0.797 bits per heavy atom. The zero-order chi connectivity index (χ0) is 53.5. The molecule has 79 heavy (non-hydrogen) atoms. The predicted molar refractivity (Wildman–Crippen MR) is 323 cm³/mol. The Balaban J connectivity index is 0.661. The van der Waals surface area contributed by atoms with Gasteiger partial charge in [-0.25, -0.2) is 0 Å². The normalized spacial score (nSPS) is 20.6. The minimum atomic E-state index is -0.469. The second-order valence-corrected chi connectivity index (χ2v) is 22.9. The van der Waals surface area contributed by atoms with Crippen molar-refractivity contribution >= 4 is 43.6 Å². The van der Waals surface area contributed by atoms with Gasteiger partial charge in [0.25, 0.3) is 0 Å². The van der Waals surface area contributed by atoms with Crippen LogP contribution in [0.5, 0.6) is 0 Å². The van der Waals surface area contributed by atoms with Crippen molar-refractivity contribution in [1.82, 2.24) is 9.13 Å². The number of hydrogen-bond donors (Lipinski definition) is 0. The second-order valence-electron chi connectivity index (χ2n) is 22.9. The van der Waals surface area contributed by atoms with Crippen LogP contribution in [0.1, 0.15) is 72.6 Å². The van der Waals surface area contributed by atoms with Gasteiger partial charge >= 0.3 is 0 Å². The summed E-state index contributed by atoms with van der Waals surface area (Å²) in [5.41, 5.74) is 23.9. The SMILES string of the molecule is CC1=CC(C)C(c2ccc3c(c2)c2cc(-c4ccc(C5OCC6(COC(c7ccc(-c8ccc9c(c8)c8cc(-c%10c(C)cc(C)cc%10C)ccc8n9-c8ccccc8)cc7)OC6)CO5)cc4)ccc2n3-c2ccccc2)C(C)=C1. The van der Waals surface area contributed by atoms with Gasteiger partial charge in [-0.05, 0) is 163 Å². The van der Waals surface area contributed by atoms with Crippen molar-refractivity contribution in [3.63, 3.8) is 0 Å². The number of ether oxygens (including phenoxy) is 4. The van der Waals surface area contributed by atoms with E-state index in [0.29, 0.717) is 38.3 Å². The number of benzene rings is 9. The first-order valence-corrected chi connectivity index (χ1v) is 27.9. The lowest BCUT2D eigenvalue weighted by Gasteiger charge is -2.43. The fraction of sp³-hybridized carbons (Fsp3) is 0.205. The molecule has 0 radical (unpaired) electrons. The first-order chi connectivity index (χ1) is 38.5. The number of nitrogens with zero attached hydrogens (tertiary/aromatic N) is 2. The highest BCUT2D eigenvalue weighted by molar-refractivity contribution is 6.12. The van der Waals surface area contributed by atoms with Crippen molar-refractivity contribution in [3.8, 4) is 44.8 Å². The molecule has 0 amide bonds. The zero-order valence-electron chi connectivity index (χ0n) is 45.8. The third-order valence-electron chi connectivity index (χ3n) is 17.1. The van der Waals surface area contributed by atoms with E-state index in [1.165, 1.54) is 93.7 Å². The van der Waals surface area contributed by atoms with Gasteiger partial charge in [-0.1, -0.05) is 157 Å². The lowest BCUT2D eigenvalue weighted by molar-refractivity contribution is -0.307. The maximum atomic E-state index is 6.47. The molecule has 2 aromatic heterocycles. The van der Waals surface area contributed by atoms with Crippen LogP contribution in [0.15, 0.2) is 217 Å². The molecule has 3 aliphatic rings. The Hall–Kier alpha value is -8.10. The molecular weight excluding hydrogens is 969 g/mol. The van der Waals surface area contributed by atoms with Gasteiger partial charge in [0.1, 0.15) is 0 Å². The van der Waals surface area contributed by atoms with Crippen LogP contribution in [-0.2, 0) is 18.9 Å². The van der Waals surface area contributed by atoms with Gasteiger partial charge in [-0.15, -0.1) is 0 Å². The predicted octanol–water partition coefficient (Wildman–Crippen LogP) is 18.2. The Labute approximate surface area is 462 Å². The third kappa shape index (κ3) is 8.75. The molecule has 6 nitrogen and oxygen atoms in total. The molecule has 14 rings (SSSR count). The van der Waals surface area contributed by atoms with Crippen molar-refractivity contribution in [1.29, 1.82) is 0 Å². The van der Waals surface area contributed by atoms with Crippen LogP contribution in [0.4, 0.5) is 0 Å². The second kappa shape index (κ2) is 19.7.